The third kappa shape index (κ3) is 2.21. The number of allylic oxidation sites excluding steroid dienone is 1. The average molecular weight is 206 g/mol. The van der Waals surface area contributed by atoms with Crippen molar-refractivity contribution in [3.63, 3.8) is 0 Å². The third-order valence-corrected chi connectivity index (χ3v) is 2.67. The van der Waals surface area contributed by atoms with E-state index in [0.29, 0.717) is 6.04 Å². The fraction of sp³-hybridized carbons (Fsp3) is 0.545. The SMILES string of the molecule is C=CCn1ccnc1N1CCN[C@H](C)C1. The maximum atomic E-state index is 4.41. The van der Waals surface area contributed by atoms with Crippen LogP contribution in [0.2, 0.25) is 0 Å². The zero-order valence-electron chi connectivity index (χ0n) is 9.19. The van der Waals surface area contributed by atoms with Gasteiger partial charge < -0.3 is 14.8 Å². The van der Waals surface area contributed by atoms with E-state index < -0.39 is 0 Å². The van der Waals surface area contributed by atoms with Gasteiger partial charge in [0, 0.05) is 44.6 Å². The molecule has 0 amide bonds. The van der Waals surface area contributed by atoms with E-state index in [-0.39, 0.29) is 0 Å². The molecule has 1 aromatic heterocycles. The summed E-state index contributed by atoms with van der Waals surface area (Å²) in [6, 6.07) is 0.535. The Kier molecular flexibility index (Phi) is 3.06. The molecule has 1 saturated heterocycles. The van der Waals surface area contributed by atoms with Crippen LogP contribution in [0, 0.1) is 0 Å². The van der Waals surface area contributed by atoms with Gasteiger partial charge in [0.1, 0.15) is 0 Å². The highest BCUT2D eigenvalue weighted by atomic mass is 15.3. The highest BCUT2D eigenvalue weighted by molar-refractivity contribution is 5.32. The molecular weight excluding hydrogens is 188 g/mol. The summed E-state index contributed by atoms with van der Waals surface area (Å²) in [6.45, 7) is 9.86. The Hall–Kier alpha value is -1.29. The van der Waals surface area contributed by atoms with Gasteiger partial charge in [-0.15, -0.1) is 6.58 Å². The van der Waals surface area contributed by atoms with Crippen molar-refractivity contribution in [3.05, 3.63) is 25.0 Å². The maximum absolute atomic E-state index is 4.41. The summed E-state index contributed by atoms with van der Waals surface area (Å²) in [5.41, 5.74) is 0. The zero-order chi connectivity index (χ0) is 10.7. The predicted molar refractivity (Wildman–Crippen MR) is 62.1 cm³/mol. The van der Waals surface area contributed by atoms with E-state index in [2.05, 4.69) is 33.3 Å². The fourth-order valence-electron chi connectivity index (χ4n) is 1.98. The summed E-state index contributed by atoms with van der Waals surface area (Å²) in [5, 5.41) is 3.43. The first kappa shape index (κ1) is 10.2. The molecule has 0 spiro atoms. The van der Waals surface area contributed by atoms with Crippen molar-refractivity contribution in [2.75, 3.05) is 24.5 Å². The molecule has 4 nitrogen and oxygen atoms in total. The normalized spacial score (nSPS) is 21.7. The van der Waals surface area contributed by atoms with Crippen LogP contribution in [0.1, 0.15) is 6.92 Å². The van der Waals surface area contributed by atoms with Crippen LogP contribution in [0.15, 0.2) is 25.0 Å². The van der Waals surface area contributed by atoms with Gasteiger partial charge in [0.25, 0.3) is 0 Å². The molecule has 4 heteroatoms. The number of imidazole rings is 1. The first-order chi connectivity index (χ1) is 7.31. The van der Waals surface area contributed by atoms with Gasteiger partial charge in [0.05, 0.1) is 0 Å². The van der Waals surface area contributed by atoms with Crippen molar-refractivity contribution in [2.24, 2.45) is 0 Å². The number of anilines is 1. The Morgan fingerprint density at radius 1 is 1.73 bits per heavy atom. The number of nitrogens with one attached hydrogen (secondary N) is 1. The van der Waals surface area contributed by atoms with Crippen LogP contribution in [0.25, 0.3) is 0 Å². The van der Waals surface area contributed by atoms with Crippen molar-refractivity contribution >= 4 is 5.95 Å². The van der Waals surface area contributed by atoms with E-state index in [9.17, 15) is 0 Å². The lowest BCUT2D eigenvalue weighted by molar-refractivity contribution is 0.475. The van der Waals surface area contributed by atoms with E-state index in [1.54, 1.807) is 0 Å². The van der Waals surface area contributed by atoms with Gasteiger partial charge in [0.15, 0.2) is 0 Å². The minimum Gasteiger partial charge on any atom is -0.339 e. The number of hydrogen-bond acceptors (Lipinski definition) is 3. The summed E-state index contributed by atoms with van der Waals surface area (Å²) in [7, 11) is 0. The first-order valence-corrected chi connectivity index (χ1v) is 5.41. The maximum Gasteiger partial charge on any atom is 0.205 e. The van der Waals surface area contributed by atoms with Crippen LogP contribution in [0.4, 0.5) is 5.95 Å². The third-order valence-electron chi connectivity index (χ3n) is 2.67. The van der Waals surface area contributed by atoms with Crippen molar-refractivity contribution < 1.29 is 0 Å². The van der Waals surface area contributed by atoms with Crippen molar-refractivity contribution in [1.29, 1.82) is 0 Å². The second-order valence-electron chi connectivity index (χ2n) is 3.97. The number of nitrogens with zero attached hydrogens (tertiary/aromatic N) is 3. The Morgan fingerprint density at radius 2 is 2.60 bits per heavy atom. The van der Waals surface area contributed by atoms with Crippen LogP contribution in [-0.2, 0) is 6.54 Å². The van der Waals surface area contributed by atoms with Gasteiger partial charge >= 0.3 is 0 Å². The molecule has 0 saturated carbocycles. The van der Waals surface area contributed by atoms with Gasteiger partial charge in [-0.3, -0.25) is 0 Å². The number of aromatic nitrogens is 2. The molecule has 2 heterocycles. The molecule has 15 heavy (non-hydrogen) atoms. The molecule has 1 fully saturated rings. The molecule has 2 rings (SSSR count). The Labute approximate surface area is 90.6 Å². The highest BCUT2D eigenvalue weighted by Crippen LogP contribution is 2.13. The van der Waals surface area contributed by atoms with Gasteiger partial charge in [-0.2, -0.15) is 0 Å². The molecule has 1 aliphatic rings. The standard InChI is InChI=1S/C11H18N4/c1-3-6-14-7-5-13-11(14)15-8-4-12-10(2)9-15/h3,5,7,10,12H,1,4,6,8-9H2,2H3/t10-/m1/s1. The summed E-state index contributed by atoms with van der Waals surface area (Å²) in [4.78, 5) is 6.73. The van der Waals surface area contributed by atoms with E-state index in [1.807, 2.05) is 18.5 Å². The van der Waals surface area contributed by atoms with Gasteiger partial charge in [-0.1, -0.05) is 6.08 Å². The molecular formula is C11H18N4. The summed E-state index contributed by atoms with van der Waals surface area (Å²) in [5.74, 6) is 1.06. The molecule has 0 radical (unpaired) electrons. The minimum absolute atomic E-state index is 0.535. The average Bonchev–Trinajstić information content (AvgIpc) is 2.66. The quantitative estimate of drug-likeness (QED) is 0.745. The molecule has 1 aromatic rings. The molecule has 0 unspecified atom stereocenters. The van der Waals surface area contributed by atoms with Crippen LogP contribution in [0.5, 0.6) is 0 Å². The van der Waals surface area contributed by atoms with Gasteiger partial charge in [0.2, 0.25) is 5.95 Å². The second kappa shape index (κ2) is 4.49. The lowest BCUT2D eigenvalue weighted by Crippen LogP contribution is -2.50. The molecule has 1 N–H and O–H groups in total. The summed E-state index contributed by atoms with van der Waals surface area (Å²) >= 11 is 0. The first-order valence-electron chi connectivity index (χ1n) is 5.41. The van der Waals surface area contributed by atoms with Crippen molar-refractivity contribution in [1.82, 2.24) is 14.9 Å². The Bertz CT molecular complexity index is 331. The van der Waals surface area contributed by atoms with Crippen LogP contribution >= 0.6 is 0 Å². The lowest BCUT2D eigenvalue weighted by Gasteiger charge is -2.32. The van der Waals surface area contributed by atoms with Gasteiger partial charge in [-0.05, 0) is 6.92 Å². The largest absolute Gasteiger partial charge is 0.339 e. The highest BCUT2D eigenvalue weighted by Gasteiger charge is 2.18. The smallest absolute Gasteiger partial charge is 0.205 e. The molecule has 0 aliphatic carbocycles. The van der Waals surface area contributed by atoms with Crippen LogP contribution < -0.4 is 10.2 Å². The minimum atomic E-state index is 0.535. The summed E-state index contributed by atoms with van der Waals surface area (Å²) < 4.78 is 2.13. The monoisotopic (exact) mass is 206 g/mol. The molecule has 0 bridgehead atoms. The van der Waals surface area contributed by atoms with Crippen molar-refractivity contribution in [2.45, 2.75) is 19.5 Å². The fourth-order valence-corrected chi connectivity index (χ4v) is 1.98. The number of rotatable bonds is 3. The molecule has 0 aromatic carbocycles. The molecule has 82 valence electrons. The van der Waals surface area contributed by atoms with E-state index in [0.717, 1.165) is 32.1 Å². The number of piperazine rings is 1. The molecule has 1 atom stereocenters. The molecule has 1 aliphatic heterocycles. The van der Waals surface area contributed by atoms with Crippen LogP contribution in [-0.4, -0.2) is 35.2 Å². The zero-order valence-corrected chi connectivity index (χ0v) is 9.19. The van der Waals surface area contributed by atoms with Gasteiger partial charge in [-0.25, -0.2) is 4.98 Å². The van der Waals surface area contributed by atoms with E-state index >= 15 is 0 Å². The lowest BCUT2D eigenvalue weighted by atomic mass is 10.2. The topological polar surface area (TPSA) is 33.1 Å². The second-order valence-corrected chi connectivity index (χ2v) is 3.97. The van der Waals surface area contributed by atoms with Crippen molar-refractivity contribution in [3.8, 4) is 0 Å². The number of hydrogen-bond donors (Lipinski definition) is 1. The Morgan fingerprint density at radius 3 is 3.33 bits per heavy atom. The van der Waals surface area contributed by atoms with E-state index in [1.165, 1.54) is 0 Å². The summed E-state index contributed by atoms with van der Waals surface area (Å²) in [6.07, 6.45) is 5.76. The predicted octanol–water partition coefficient (Wildman–Crippen LogP) is 0.867. The van der Waals surface area contributed by atoms with Crippen LogP contribution in [0.3, 0.4) is 0 Å². The van der Waals surface area contributed by atoms with E-state index in [4.69, 9.17) is 0 Å². The Balaban J connectivity index is 2.13.